The van der Waals surface area contributed by atoms with E-state index in [0.717, 1.165) is 51.4 Å². The summed E-state index contributed by atoms with van der Waals surface area (Å²) in [6.45, 7) is 2.17. The average Bonchev–Trinajstić information content (AvgIpc) is 3.29. The Kier molecular flexibility index (Phi) is 32.2. The zero-order chi connectivity index (χ0) is 48.7. The minimum Gasteiger partial charge on any atom is -0.462 e. The third-order valence-corrected chi connectivity index (χ3v) is 12.9. The van der Waals surface area contributed by atoms with Gasteiger partial charge in [0.2, 0.25) is 0 Å². The van der Waals surface area contributed by atoms with Gasteiger partial charge in [-0.15, -0.1) is 0 Å². The van der Waals surface area contributed by atoms with Gasteiger partial charge in [0.25, 0.3) is 0 Å². The Morgan fingerprint density at radius 3 is 1.50 bits per heavy atom. The molecule has 386 valence electrons. The van der Waals surface area contributed by atoms with Gasteiger partial charge in [-0.2, -0.15) is 0 Å². The van der Waals surface area contributed by atoms with Crippen molar-refractivity contribution in [2.24, 2.45) is 0 Å². The van der Waals surface area contributed by atoms with Crippen molar-refractivity contribution in [1.82, 2.24) is 0 Å². The molecule has 18 nitrogen and oxygen atoms in total. The van der Waals surface area contributed by atoms with Crippen molar-refractivity contribution in [3.8, 4) is 0 Å². The summed E-state index contributed by atoms with van der Waals surface area (Å²) < 4.78 is 45.3. The van der Waals surface area contributed by atoms with E-state index in [1.807, 2.05) is 0 Å². The number of aliphatic hydroxyl groups is 8. The molecule has 66 heavy (non-hydrogen) atoms. The van der Waals surface area contributed by atoms with Gasteiger partial charge in [0.05, 0.1) is 13.2 Å². The number of carbonyl (C=O) groups excluding carboxylic acids is 2. The molecule has 0 aromatic rings. The molecule has 13 unspecified atom stereocenters. The van der Waals surface area contributed by atoms with Crippen LogP contribution in [0.2, 0.25) is 0 Å². The highest BCUT2D eigenvalue weighted by Crippen LogP contribution is 2.48. The summed E-state index contributed by atoms with van der Waals surface area (Å²) in [4.78, 5) is 36.4. The van der Waals surface area contributed by atoms with Gasteiger partial charge >= 0.3 is 19.8 Å². The monoisotopic (exact) mass is 969 g/mol. The van der Waals surface area contributed by atoms with Crippen LogP contribution < -0.4 is 0 Å². The molecule has 0 aromatic heterocycles. The average molecular weight is 969 g/mol. The van der Waals surface area contributed by atoms with Crippen LogP contribution in [0.4, 0.5) is 0 Å². The molecule has 13 atom stereocenters. The molecule has 2 aliphatic rings. The van der Waals surface area contributed by atoms with Crippen LogP contribution in [0.5, 0.6) is 0 Å². The van der Waals surface area contributed by atoms with Crippen LogP contribution in [0.3, 0.4) is 0 Å². The second kappa shape index (κ2) is 35.3. The third-order valence-electron chi connectivity index (χ3n) is 11.9. The molecule has 0 spiro atoms. The lowest BCUT2D eigenvalue weighted by Crippen LogP contribution is -2.67. The number of phosphoric acid groups is 1. The Hall–Kier alpha value is -1.87. The molecule has 2 rings (SSSR count). The Labute approximate surface area is 392 Å². The van der Waals surface area contributed by atoms with E-state index >= 15 is 0 Å². The maximum absolute atomic E-state index is 13.4. The van der Waals surface area contributed by atoms with Crippen LogP contribution in [-0.2, 0) is 42.1 Å². The SMILES string of the molecule is CCCCCCCC/C=C\CCCCCC(=O)OCC(COP(=O)(O)OC1C(O)C(O)C(O)C(O)C1OC1OC(CO)C(O)C(O)C1O)OC(=O)CCCCC/C=C\CCCCCCCC. The summed E-state index contributed by atoms with van der Waals surface area (Å²) in [5, 5.41) is 82.8. The first-order valence-corrected chi connectivity index (χ1v) is 26.2. The standard InChI is InChI=1S/C47H85O18P/c1-3-5-7-9-11-13-15-17-19-21-23-25-27-29-36(49)60-32-34(62-37(50)30-28-26-24-22-20-18-16-14-12-10-8-6-4-2)33-61-66(58,59)65-46-43(56)41(54)40(53)42(55)45(46)64-47-44(57)39(52)38(51)35(31-48)63-47/h17-20,34-35,38-48,51-57H,3-16,21-33H2,1-2H3,(H,58,59)/b19-17-,20-18-. The van der Waals surface area contributed by atoms with Crippen molar-refractivity contribution in [2.75, 3.05) is 19.8 Å². The zero-order valence-electron chi connectivity index (χ0n) is 39.5. The second-order valence-corrected chi connectivity index (χ2v) is 19.1. The number of phosphoric ester groups is 1. The molecule has 1 aliphatic heterocycles. The van der Waals surface area contributed by atoms with Gasteiger partial charge in [-0.1, -0.05) is 115 Å². The summed E-state index contributed by atoms with van der Waals surface area (Å²) in [5.74, 6) is -1.25. The van der Waals surface area contributed by atoms with E-state index in [9.17, 15) is 59.9 Å². The molecule has 19 heteroatoms. The first-order valence-electron chi connectivity index (χ1n) is 24.7. The lowest BCUT2D eigenvalue weighted by molar-refractivity contribution is -0.338. The lowest BCUT2D eigenvalue weighted by atomic mass is 9.84. The number of carbonyl (C=O) groups is 2. The molecule has 0 bridgehead atoms. The summed E-state index contributed by atoms with van der Waals surface area (Å²) in [6, 6.07) is 0. The van der Waals surface area contributed by atoms with Crippen LogP contribution in [0.25, 0.3) is 0 Å². The molecular weight excluding hydrogens is 883 g/mol. The number of hydrogen-bond donors (Lipinski definition) is 9. The molecular formula is C47H85O18P. The van der Waals surface area contributed by atoms with Crippen LogP contribution >= 0.6 is 7.82 Å². The van der Waals surface area contributed by atoms with Gasteiger partial charge in [-0.25, -0.2) is 4.57 Å². The quantitative estimate of drug-likeness (QED) is 0.0169. The number of hydrogen-bond acceptors (Lipinski definition) is 17. The summed E-state index contributed by atoms with van der Waals surface area (Å²) in [7, 11) is -5.38. The fraction of sp³-hybridized carbons (Fsp3) is 0.872. The molecule has 1 saturated carbocycles. The van der Waals surface area contributed by atoms with Gasteiger partial charge in [0.15, 0.2) is 12.4 Å². The number of unbranched alkanes of at least 4 members (excludes halogenated alkanes) is 18. The Bertz CT molecular complexity index is 1380. The van der Waals surface area contributed by atoms with Gasteiger partial charge in [-0.3, -0.25) is 18.6 Å². The van der Waals surface area contributed by atoms with E-state index in [1.54, 1.807) is 0 Å². The minimum absolute atomic E-state index is 0.00987. The van der Waals surface area contributed by atoms with Crippen molar-refractivity contribution in [3.05, 3.63) is 24.3 Å². The molecule has 2 fully saturated rings. The van der Waals surface area contributed by atoms with Crippen molar-refractivity contribution in [3.63, 3.8) is 0 Å². The third kappa shape index (κ3) is 24.1. The highest BCUT2D eigenvalue weighted by Gasteiger charge is 2.55. The molecule has 9 N–H and O–H groups in total. The van der Waals surface area contributed by atoms with Gasteiger partial charge in [0, 0.05) is 12.8 Å². The Morgan fingerprint density at radius 2 is 1.00 bits per heavy atom. The zero-order valence-corrected chi connectivity index (χ0v) is 40.4. The van der Waals surface area contributed by atoms with E-state index in [4.69, 9.17) is 28.0 Å². The number of allylic oxidation sites excluding steroid dienone is 4. The number of aliphatic hydroxyl groups excluding tert-OH is 8. The fourth-order valence-electron chi connectivity index (χ4n) is 7.75. The highest BCUT2D eigenvalue weighted by atomic mass is 31.2. The Balaban J connectivity index is 1.98. The van der Waals surface area contributed by atoms with E-state index in [-0.39, 0.29) is 12.8 Å². The number of rotatable bonds is 37. The topological polar surface area (TPSA) is 289 Å². The van der Waals surface area contributed by atoms with E-state index in [0.29, 0.717) is 12.8 Å². The number of ether oxygens (including phenoxy) is 4. The summed E-state index contributed by atoms with van der Waals surface area (Å²) in [6.07, 6.45) is 8.48. The maximum atomic E-state index is 13.4. The van der Waals surface area contributed by atoms with Crippen molar-refractivity contribution in [2.45, 2.75) is 241 Å². The van der Waals surface area contributed by atoms with Crippen molar-refractivity contribution < 1.29 is 87.9 Å². The maximum Gasteiger partial charge on any atom is 0.472 e. The van der Waals surface area contributed by atoms with E-state index in [2.05, 4.69) is 38.2 Å². The largest absolute Gasteiger partial charge is 0.472 e. The molecule has 1 heterocycles. The molecule has 0 amide bonds. The predicted octanol–water partition coefficient (Wildman–Crippen LogP) is 5.10. The minimum atomic E-state index is -5.38. The van der Waals surface area contributed by atoms with Crippen molar-refractivity contribution >= 4 is 19.8 Å². The molecule has 0 radical (unpaired) electrons. The summed E-state index contributed by atoms with van der Waals surface area (Å²) >= 11 is 0. The molecule has 0 aromatic carbocycles. The smallest absolute Gasteiger partial charge is 0.462 e. The fourth-order valence-corrected chi connectivity index (χ4v) is 8.72. The highest BCUT2D eigenvalue weighted by molar-refractivity contribution is 7.47. The number of esters is 2. The first-order chi connectivity index (χ1) is 31.7. The van der Waals surface area contributed by atoms with E-state index < -0.39 is 113 Å². The first kappa shape index (κ1) is 60.3. The van der Waals surface area contributed by atoms with Gasteiger partial charge in [-0.05, 0) is 64.2 Å². The van der Waals surface area contributed by atoms with Crippen molar-refractivity contribution in [1.29, 1.82) is 0 Å². The molecule has 1 aliphatic carbocycles. The van der Waals surface area contributed by atoms with Gasteiger partial charge in [0.1, 0.15) is 67.6 Å². The predicted molar refractivity (Wildman–Crippen MR) is 245 cm³/mol. The van der Waals surface area contributed by atoms with Crippen LogP contribution in [0.1, 0.15) is 168 Å². The molecule has 1 saturated heterocycles. The van der Waals surface area contributed by atoms with Gasteiger partial charge < -0.3 is 64.7 Å². The second-order valence-electron chi connectivity index (χ2n) is 17.6. The Morgan fingerprint density at radius 1 is 0.561 bits per heavy atom. The van der Waals surface area contributed by atoms with Crippen LogP contribution in [0.15, 0.2) is 24.3 Å². The lowest BCUT2D eigenvalue weighted by Gasteiger charge is -2.47. The van der Waals surface area contributed by atoms with Crippen LogP contribution in [-0.4, -0.2) is 151 Å². The van der Waals surface area contributed by atoms with E-state index in [1.165, 1.54) is 77.0 Å². The summed E-state index contributed by atoms with van der Waals surface area (Å²) in [5.41, 5.74) is 0. The van der Waals surface area contributed by atoms with Crippen LogP contribution in [0, 0.1) is 0 Å². The normalized spacial score (nSPS) is 28.4.